The van der Waals surface area contributed by atoms with Crippen molar-refractivity contribution >= 4 is 44.7 Å². The molecule has 0 bridgehead atoms. The summed E-state index contributed by atoms with van der Waals surface area (Å²) in [7, 11) is -2.34. The highest BCUT2D eigenvalue weighted by atomic mass is 32.2. The van der Waals surface area contributed by atoms with Crippen molar-refractivity contribution in [1.29, 1.82) is 0 Å². The van der Waals surface area contributed by atoms with Crippen molar-refractivity contribution in [3.8, 4) is 11.5 Å². The molecule has 2 aliphatic carbocycles. The second kappa shape index (κ2) is 17.5. The van der Waals surface area contributed by atoms with Crippen LogP contribution in [0.15, 0.2) is 30.4 Å². The zero-order valence-electron chi connectivity index (χ0n) is 35.6. The number of carbonyl (C=O) groups excluding carboxylic acids is 4. The Kier molecular flexibility index (Phi) is 12.7. The Morgan fingerprint density at radius 2 is 1.90 bits per heavy atom. The van der Waals surface area contributed by atoms with Crippen LogP contribution in [0.3, 0.4) is 0 Å². The van der Waals surface area contributed by atoms with Crippen LogP contribution in [0, 0.1) is 11.8 Å². The zero-order chi connectivity index (χ0) is 42.9. The molecule has 3 fully saturated rings. The number of amides is 4. The summed E-state index contributed by atoms with van der Waals surface area (Å²) >= 11 is 0. The average Bonchev–Trinajstić information content (AvgIpc) is 4.11. The lowest BCUT2D eigenvalue weighted by molar-refractivity contribution is -0.141. The highest BCUT2D eigenvalue weighted by molar-refractivity contribution is 7.91. The monoisotopic (exact) mass is 851 g/mol. The molecule has 2 aromatic rings. The molecule has 1 saturated heterocycles. The fourth-order valence-electron chi connectivity index (χ4n) is 8.73. The number of fused-ring (bicyclic) bond motifs is 5. The standard InChI is InChI=1S/C44H61N5O10S/c1-6-33-37-31(32-23-30(15-16-34(32)45-33)57-22-12-21-56-5)17-18-43(59-37)25-36-38(50)47-44(40(52)48-60(54,55)42(4)19-20-42)24-29(44)13-10-8-7-9-11-14-35(39(51)49(36)27-43)46-41(53)58-26-28(2)3/h10,13,15-16,23,28-29,35-36H,6-9,11-12,14,17-22,24-27H2,1-5H3,(H,46,53)(H,47,50)(H,48,52)/b13-10-/t29-,35+,36+,43-,44-/m1/s1. The number of aromatic nitrogens is 1. The number of aryl methyl sites for hydroxylation is 2. The summed E-state index contributed by atoms with van der Waals surface area (Å²) in [6, 6.07) is 3.75. The Balaban J connectivity index is 1.22. The van der Waals surface area contributed by atoms with Crippen molar-refractivity contribution < 1.29 is 46.5 Å². The first kappa shape index (κ1) is 43.6. The van der Waals surface area contributed by atoms with Crippen LogP contribution in [0.1, 0.15) is 110 Å². The Morgan fingerprint density at radius 3 is 2.63 bits per heavy atom. The van der Waals surface area contributed by atoms with E-state index >= 15 is 0 Å². The molecule has 7 rings (SSSR count). The van der Waals surface area contributed by atoms with Gasteiger partial charge in [-0.1, -0.05) is 45.8 Å². The van der Waals surface area contributed by atoms with Crippen molar-refractivity contribution in [2.45, 2.75) is 139 Å². The van der Waals surface area contributed by atoms with Crippen LogP contribution in [0.2, 0.25) is 0 Å². The number of nitrogens with zero attached hydrogens (tertiary/aromatic N) is 2. The molecule has 60 heavy (non-hydrogen) atoms. The minimum Gasteiger partial charge on any atom is -0.493 e. The van der Waals surface area contributed by atoms with Crippen LogP contribution < -0.4 is 24.8 Å². The Bertz CT molecular complexity index is 2120. The maximum Gasteiger partial charge on any atom is 0.407 e. The summed E-state index contributed by atoms with van der Waals surface area (Å²) in [6.45, 7) is 8.75. The zero-order valence-corrected chi connectivity index (χ0v) is 36.4. The van der Waals surface area contributed by atoms with Gasteiger partial charge in [-0.2, -0.15) is 0 Å². The van der Waals surface area contributed by atoms with Gasteiger partial charge in [-0.25, -0.2) is 18.2 Å². The molecule has 16 heteroatoms. The lowest BCUT2D eigenvalue weighted by Gasteiger charge is -2.37. The summed E-state index contributed by atoms with van der Waals surface area (Å²) in [5, 5.41) is 6.68. The van der Waals surface area contributed by atoms with E-state index in [1.807, 2.05) is 51.1 Å². The van der Waals surface area contributed by atoms with E-state index in [0.717, 1.165) is 41.4 Å². The average molecular weight is 852 g/mol. The predicted molar refractivity (Wildman–Crippen MR) is 224 cm³/mol. The number of allylic oxidation sites excluding steroid dienone is 1. The summed E-state index contributed by atoms with van der Waals surface area (Å²) in [4.78, 5) is 63.2. The lowest BCUT2D eigenvalue weighted by atomic mass is 9.87. The maximum atomic E-state index is 14.8. The van der Waals surface area contributed by atoms with Crippen LogP contribution in [0.5, 0.6) is 11.5 Å². The molecule has 5 aliphatic rings. The first-order valence-corrected chi connectivity index (χ1v) is 23.2. The van der Waals surface area contributed by atoms with E-state index in [0.29, 0.717) is 76.1 Å². The molecular formula is C44H61N5O10S. The second-order valence-corrected chi connectivity index (χ2v) is 20.2. The quantitative estimate of drug-likeness (QED) is 0.192. The van der Waals surface area contributed by atoms with Crippen molar-refractivity contribution in [1.82, 2.24) is 25.2 Å². The molecule has 2 saturated carbocycles. The molecular weight excluding hydrogens is 791 g/mol. The van der Waals surface area contributed by atoms with E-state index in [2.05, 4.69) is 15.4 Å². The number of hydrogen-bond donors (Lipinski definition) is 3. The van der Waals surface area contributed by atoms with Crippen LogP contribution in [-0.2, 0) is 46.7 Å². The van der Waals surface area contributed by atoms with Crippen molar-refractivity contribution in [3.05, 3.63) is 41.6 Å². The van der Waals surface area contributed by atoms with Gasteiger partial charge in [0.1, 0.15) is 34.7 Å². The van der Waals surface area contributed by atoms with Gasteiger partial charge >= 0.3 is 6.09 Å². The number of sulfonamides is 1. The topological polar surface area (TPSA) is 192 Å². The lowest BCUT2D eigenvalue weighted by Crippen LogP contribution is -2.58. The fraction of sp³-hybridized carbons (Fsp3) is 0.659. The molecule has 3 N–H and O–H groups in total. The number of benzene rings is 1. The van der Waals surface area contributed by atoms with Crippen LogP contribution in [0.25, 0.3) is 10.9 Å². The minimum absolute atomic E-state index is 0.0433. The third-order valence-electron chi connectivity index (χ3n) is 12.8. The number of hydrogen-bond acceptors (Lipinski definition) is 11. The summed E-state index contributed by atoms with van der Waals surface area (Å²) < 4.78 is 51.5. The maximum absolute atomic E-state index is 14.8. The molecule has 0 unspecified atom stereocenters. The number of carbonyl (C=O) groups is 4. The van der Waals surface area contributed by atoms with Crippen molar-refractivity contribution in [2.75, 3.05) is 33.5 Å². The number of methoxy groups -OCH3 is 1. The molecule has 15 nitrogen and oxygen atoms in total. The summed E-state index contributed by atoms with van der Waals surface area (Å²) in [5.74, 6) is -0.840. The third-order valence-corrected chi connectivity index (χ3v) is 14.9. The Morgan fingerprint density at radius 1 is 1.10 bits per heavy atom. The minimum atomic E-state index is -4.00. The predicted octanol–water partition coefficient (Wildman–Crippen LogP) is 5.02. The molecule has 1 aromatic heterocycles. The first-order valence-electron chi connectivity index (χ1n) is 21.7. The highest BCUT2D eigenvalue weighted by Gasteiger charge is 2.64. The Hall–Kier alpha value is -4.44. The van der Waals surface area contributed by atoms with Crippen LogP contribution in [0.4, 0.5) is 4.79 Å². The van der Waals surface area contributed by atoms with Gasteiger partial charge in [0.2, 0.25) is 21.8 Å². The van der Waals surface area contributed by atoms with Gasteiger partial charge in [-0.05, 0) is 88.8 Å². The fourth-order valence-corrected chi connectivity index (χ4v) is 10.0. The largest absolute Gasteiger partial charge is 0.493 e. The SMILES string of the molecule is CCc1nc2ccc(OCCCOC)cc2c2c1O[C@]1(CC2)C[C@H]2C(=O)N[C@]3(C(=O)NS(=O)(=O)C4(C)CC4)C[C@H]3/C=C\CCCCC[C@H](NC(=O)OCC(C)C)C(=O)N2C1. The smallest absolute Gasteiger partial charge is 0.407 e. The van der Waals surface area contributed by atoms with E-state index in [1.165, 1.54) is 4.90 Å². The van der Waals surface area contributed by atoms with Crippen molar-refractivity contribution in [3.63, 3.8) is 0 Å². The van der Waals surface area contributed by atoms with Gasteiger partial charge in [0.25, 0.3) is 5.91 Å². The van der Waals surface area contributed by atoms with E-state index < -0.39 is 67.7 Å². The Labute approximate surface area is 353 Å². The van der Waals surface area contributed by atoms with Crippen LogP contribution in [-0.4, -0.2) is 104 Å². The van der Waals surface area contributed by atoms with E-state index in [1.54, 1.807) is 14.0 Å². The van der Waals surface area contributed by atoms with Gasteiger partial charge in [0, 0.05) is 43.4 Å². The number of alkyl carbamates (subject to hydrolysis) is 1. The third kappa shape index (κ3) is 9.09. The molecule has 5 atom stereocenters. The summed E-state index contributed by atoms with van der Waals surface area (Å²) in [6.07, 6.45) is 9.95. The van der Waals surface area contributed by atoms with E-state index in [9.17, 15) is 27.6 Å². The van der Waals surface area contributed by atoms with Gasteiger partial charge in [-0.15, -0.1) is 0 Å². The highest BCUT2D eigenvalue weighted by Crippen LogP contribution is 2.49. The number of rotatable bonds is 12. The second-order valence-electron chi connectivity index (χ2n) is 18.0. The molecule has 3 aliphatic heterocycles. The van der Waals surface area contributed by atoms with E-state index in [4.69, 9.17) is 23.9 Å². The van der Waals surface area contributed by atoms with Crippen molar-refractivity contribution in [2.24, 2.45) is 11.8 Å². The molecule has 1 spiro atoms. The van der Waals surface area contributed by atoms with Gasteiger partial charge in [0.15, 0.2) is 0 Å². The number of pyridine rings is 1. The van der Waals surface area contributed by atoms with E-state index in [-0.39, 0.29) is 31.9 Å². The molecule has 4 heterocycles. The molecule has 328 valence electrons. The molecule has 1 aromatic carbocycles. The van der Waals surface area contributed by atoms with Gasteiger partial charge in [-0.3, -0.25) is 19.1 Å². The first-order chi connectivity index (χ1) is 28.6. The molecule has 4 amide bonds. The van der Waals surface area contributed by atoms with Gasteiger partial charge < -0.3 is 34.5 Å². The number of nitrogens with one attached hydrogen (secondary N) is 3. The van der Waals surface area contributed by atoms with Crippen LogP contribution >= 0.6 is 0 Å². The summed E-state index contributed by atoms with van der Waals surface area (Å²) in [5.41, 5.74) is 0.0269. The normalized spacial score (nSPS) is 28.0. The van der Waals surface area contributed by atoms with Gasteiger partial charge in [0.05, 0.1) is 35.7 Å². The molecule has 0 radical (unpaired) electrons. The number of ether oxygens (including phenoxy) is 4.